The van der Waals surface area contributed by atoms with Gasteiger partial charge in [-0.1, -0.05) is 0 Å². The maximum absolute atomic E-state index is 12.6. The number of H-pyrrole nitrogens is 1. The molecule has 4 rings (SSSR count). The number of aromatic amines is 1. The molecule has 2 fully saturated rings. The van der Waals surface area contributed by atoms with E-state index in [0.29, 0.717) is 37.9 Å². The summed E-state index contributed by atoms with van der Waals surface area (Å²) in [7, 11) is 1.64. The van der Waals surface area contributed by atoms with Gasteiger partial charge in [-0.05, 0) is 44.0 Å². The Kier molecular flexibility index (Phi) is 9.30. The molecule has 2 aliphatic heterocycles. The maximum Gasteiger partial charge on any atom is 0.251 e. The monoisotopic (exact) mass is 569 g/mol. The minimum Gasteiger partial charge on any atom is -0.497 e. The van der Waals surface area contributed by atoms with Crippen LogP contribution in [0, 0.1) is 0 Å². The van der Waals surface area contributed by atoms with Crippen molar-refractivity contribution in [2.45, 2.75) is 32.4 Å². The second kappa shape index (κ2) is 12.2. The van der Waals surface area contributed by atoms with Crippen LogP contribution in [0.15, 0.2) is 29.3 Å². The van der Waals surface area contributed by atoms with E-state index in [2.05, 4.69) is 25.4 Å². The third-order valence-corrected chi connectivity index (χ3v) is 5.69. The molecule has 2 saturated heterocycles. The summed E-state index contributed by atoms with van der Waals surface area (Å²) in [6, 6.07) is 7.62. The van der Waals surface area contributed by atoms with E-state index in [9.17, 15) is 4.79 Å². The minimum atomic E-state index is -0.255. The largest absolute Gasteiger partial charge is 0.497 e. The van der Waals surface area contributed by atoms with Crippen LogP contribution < -0.4 is 10.1 Å². The van der Waals surface area contributed by atoms with Crippen molar-refractivity contribution >= 4 is 35.8 Å². The topological polar surface area (TPSA) is 108 Å². The Bertz CT molecular complexity index is 920. The summed E-state index contributed by atoms with van der Waals surface area (Å²) < 4.78 is 10.7. The number of aromatic nitrogens is 3. The van der Waals surface area contributed by atoms with Crippen LogP contribution in [0.5, 0.6) is 5.75 Å². The average molecular weight is 569 g/mol. The number of nitrogens with one attached hydrogen (secondary N) is 2. The molecule has 1 unspecified atom stereocenters. The van der Waals surface area contributed by atoms with E-state index in [1.54, 1.807) is 7.11 Å². The number of piperazine rings is 1. The Balaban J connectivity index is 0.00000306. The van der Waals surface area contributed by atoms with Gasteiger partial charge in [0.1, 0.15) is 24.2 Å². The van der Waals surface area contributed by atoms with Crippen LogP contribution in [0.3, 0.4) is 0 Å². The number of nitrogens with zero attached hydrogens (tertiary/aromatic N) is 5. The number of ether oxygens (including phenoxy) is 2. The third-order valence-electron chi connectivity index (χ3n) is 5.69. The Morgan fingerprint density at radius 3 is 2.61 bits per heavy atom. The molecule has 1 aromatic carbocycles. The van der Waals surface area contributed by atoms with Crippen LogP contribution in [-0.4, -0.2) is 89.4 Å². The second-order valence-corrected chi connectivity index (χ2v) is 7.82. The molecule has 1 amide bonds. The zero-order valence-corrected chi connectivity index (χ0v) is 21.5. The molecule has 10 nitrogen and oxygen atoms in total. The van der Waals surface area contributed by atoms with E-state index < -0.39 is 0 Å². The number of hydrogen-bond donors (Lipinski definition) is 2. The van der Waals surface area contributed by atoms with Crippen molar-refractivity contribution in [3.05, 3.63) is 30.1 Å². The fourth-order valence-corrected chi connectivity index (χ4v) is 3.93. The first-order chi connectivity index (χ1) is 15.7. The molecule has 11 heteroatoms. The Labute approximate surface area is 211 Å². The first-order valence-electron chi connectivity index (χ1n) is 11.2. The van der Waals surface area contributed by atoms with Crippen molar-refractivity contribution in [2.75, 3.05) is 46.4 Å². The summed E-state index contributed by atoms with van der Waals surface area (Å²) >= 11 is 0. The van der Waals surface area contributed by atoms with Crippen LogP contribution >= 0.6 is 24.0 Å². The van der Waals surface area contributed by atoms with Gasteiger partial charge in [-0.25, -0.2) is 9.98 Å². The molecule has 0 saturated carbocycles. The Hall–Kier alpha value is -2.41. The van der Waals surface area contributed by atoms with E-state index in [1.807, 2.05) is 36.1 Å². The van der Waals surface area contributed by atoms with E-state index in [0.717, 1.165) is 49.7 Å². The van der Waals surface area contributed by atoms with Gasteiger partial charge < -0.3 is 24.6 Å². The summed E-state index contributed by atoms with van der Waals surface area (Å²) in [5, 5.41) is 10.6. The van der Waals surface area contributed by atoms with E-state index in [4.69, 9.17) is 14.5 Å². The normalized spacial score (nSPS) is 18.7. The summed E-state index contributed by atoms with van der Waals surface area (Å²) in [5.41, 5.74) is 0.913. The highest BCUT2D eigenvalue weighted by atomic mass is 127. The Morgan fingerprint density at radius 2 is 1.97 bits per heavy atom. The molecule has 0 bridgehead atoms. The smallest absolute Gasteiger partial charge is 0.251 e. The van der Waals surface area contributed by atoms with Gasteiger partial charge in [-0.15, -0.1) is 24.0 Å². The van der Waals surface area contributed by atoms with Crippen LogP contribution in [-0.2, 0) is 16.1 Å². The number of rotatable bonds is 6. The molecule has 3 heterocycles. The molecular formula is C22H32IN7O3. The molecule has 2 aromatic rings. The lowest BCUT2D eigenvalue weighted by molar-refractivity contribution is -0.142. The lowest BCUT2D eigenvalue weighted by atomic mass is 10.2. The van der Waals surface area contributed by atoms with Crippen LogP contribution in [0.25, 0.3) is 11.4 Å². The quantitative estimate of drug-likeness (QED) is 0.311. The number of benzene rings is 1. The van der Waals surface area contributed by atoms with Crippen molar-refractivity contribution in [3.63, 3.8) is 0 Å². The number of amides is 1. The zero-order valence-electron chi connectivity index (χ0n) is 19.1. The number of methoxy groups -OCH3 is 1. The highest BCUT2D eigenvalue weighted by molar-refractivity contribution is 14.0. The number of carbonyl (C=O) groups is 1. The first kappa shape index (κ1) is 25.2. The third kappa shape index (κ3) is 6.34. The van der Waals surface area contributed by atoms with Crippen LogP contribution in [0.4, 0.5) is 0 Å². The molecule has 0 radical (unpaired) electrons. The number of carbonyl (C=O) groups excluding carboxylic acids is 1. The van der Waals surface area contributed by atoms with Crippen molar-refractivity contribution in [2.24, 2.45) is 4.99 Å². The van der Waals surface area contributed by atoms with Gasteiger partial charge in [0, 0.05) is 44.9 Å². The minimum absolute atomic E-state index is 0. The number of hydrogen-bond acceptors (Lipinski definition) is 6. The number of halogens is 1. The highest BCUT2D eigenvalue weighted by Crippen LogP contribution is 2.19. The predicted molar refractivity (Wildman–Crippen MR) is 136 cm³/mol. The molecule has 2 aliphatic rings. The lowest BCUT2D eigenvalue weighted by Crippen LogP contribution is -2.55. The lowest BCUT2D eigenvalue weighted by Gasteiger charge is -2.37. The average Bonchev–Trinajstić information content (AvgIpc) is 3.54. The summed E-state index contributed by atoms with van der Waals surface area (Å²) in [6.45, 7) is 6.70. The van der Waals surface area contributed by atoms with E-state index >= 15 is 0 Å². The molecule has 180 valence electrons. The molecule has 1 atom stereocenters. The summed E-state index contributed by atoms with van der Waals surface area (Å²) in [5.74, 6) is 3.06. The number of aliphatic imine (C=N–C) groups is 1. The van der Waals surface area contributed by atoms with Gasteiger partial charge >= 0.3 is 0 Å². The van der Waals surface area contributed by atoms with Crippen molar-refractivity contribution in [1.82, 2.24) is 30.3 Å². The van der Waals surface area contributed by atoms with Crippen LogP contribution in [0.2, 0.25) is 0 Å². The highest BCUT2D eigenvalue weighted by Gasteiger charge is 2.30. The van der Waals surface area contributed by atoms with Gasteiger partial charge in [-0.2, -0.15) is 5.10 Å². The fraction of sp³-hybridized carbons (Fsp3) is 0.545. The molecule has 0 spiro atoms. The fourth-order valence-electron chi connectivity index (χ4n) is 3.93. The van der Waals surface area contributed by atoms with Crippen LogP contribution in [0.1, 0.15) is 25.6 Å². The number of guanidine groups is 1. The van der Waals surface area contributed by atoms with Gasteiger partial charge in [0.2, 0.25) is 0 Å². The predicted octanol–water partition coefficient (Wildman–Crippen LogP) is 1.89. The second-order valence-electron chi connectivity index (χ2n) is 7.82. The molecular weight excluding hydrogens is 537 g/mol. The Morgan fingerprint density at radius 1 is 1.24 bits per heavy atom. The summed E-state index contributed by atoms with van der Waals surface area (Å²) in [4.78, 5) is 26.0. The molecule has 33 heavy (non-hydrogen) atoms. The van der Waals surface area contributed by atoms with Gasteiger partial charge in [0.25, 0.3) is 5.91 Å². The first-order valence-corrected chi connectivity index (χ1v) is 11.2. The SMILES string of the molecule is CCNC(=NCc1nc(-c2ccc(OC)cc2)n[nH]1)N1CCN(C(=O)C2CCCO2)CC1.I. The van der Waals surface area contributed by atoms with E-state index in [-0.39, 0.29) is 36.0 Å². The van der Waals surface area contributed by atoms with Crippen molar-refractivity contribution in [3.8, 4) is 17.1 Å². The standard InChI is InChI=1S/C22H31N7O3.HI/c1-3-23-22(29-12-10-28(11-13-29)21(30)18-5-4-14-32-18)24-15-19-25-20(27-26-19)16-6-8-17(31-2)9-7-16;/h6-9,18H,3-5,10-15H2,1-2H3,(H,23,24)(H,25,26,27);1H. The van der Waals surface area contributed by atoms with Crippen molar-refractivity contribution < 1.29 is 14.3 Å². The molecule has 2 N–H and O–H groups in total. The van der Waals surface area contributed by atoms with Gasteiger partial charge in [0.05, 0.1) is 7.11 Å². The molecule has 0 aliphatic carbocycles. The van der Waals surface area contributed by atoms with Gasteiger partial charge in [-0.3, -0.25) is 9.89 Å². The van der Waals surface area contributed by atoms with Crippen molar-refractivity contribution in [1.29, 1.82) is 0 Å². The summed E-state index contributed by atoms with van der Waals surface area (Å²) in [6.07, 6.45) is 1.55. The zero-order chi connectivity index (χ0) is 22.3. The maximum atomic E-state index is 12.6. The van der Waals surface area contributed by atoms with E-state index in [1.165, 1.54) is 0 Å². The van der Waals surface area contributed by atoms with Gasteiger partial charge in [0.15, 0.2) is 11.8 Å². The molecule has 1 aromatic heterocycles.